The third-order valence-electron chi connectivity index (χ3n) is 3.46. The van der Waals surface area contributed by atoms with Gasteiger partial charge in [0.1, 0.15) is 18.2 Å². The lowest BCUT2D eigenvalue weighted by Crippen LogP contribution is -2.35. The molecule has 0 aliphatic carbocycles. The standard InChI is InChI=1S/C17H20FN3O3/c1-3-14-10-16(23)21(11-15(22)19-8-9-24-2)17(20-14)12-4-6-13(18)7-5-12/h4-7,10H,3,8-9,11H2,1-2H3,(H,19,22). The largest absolute Gasteiger partial charge is 0.383 e. The minimum absolute atomic E-state index is 0.160. The van der Waals surface area contributed by atoms with Crippen LogP contribution in [0, 0.1) is 5.82 Å². The monoisotopic (exact) mass is 333 g/mol. The molecule has 1 aromatic heterocycles. The first-order chi connectivity index (χ1) is 11.5. The Morgan fingerprint density at radius 1 is 1.33 bits per heavy atom. The van der Waals surface area contributed by atoms with Crippen LogP contribution in [0.15, 0.2) is 35.1 Å². The summed E-state index contributed by atoms with van der Waals surface area (Å²) >= 11 is 0. The van der Waals surface area contributed by atoms with E-state index in [9.17, 15) is 14.0 Å². The van der Waals surface area contributed by atoms with E-state index in [1.807, 2.05) is 6.92 Å². The molecule has 1 N–H and O–H groups in total. The number of hydrogen-bond acceptors (Lipinski definition) is 4. The van der Waals surface area contributed by atoms with E-state index in [4.69, 9.17) is 4.74 Å². The molecule has 0 fully saturated rings. The molecule has 7 heteroatoms. The lowest BCUT2D eigenvalue weighted by atomic mass is 10.2. The molecule has 0 aliphatic heterocycles. The van der Waals surface area contributed by atoms with Gasteiger partial charge in [-0.15, -0.1) is 0 Å². The van der Waals surface area contributed by atoms with Crippen molar-refractivity contribution in [2.24, 2.45) is 0 Å². The lowest BCUT2D eigenvalue weighted by molar-refractivity contribution is -0.121. The zero-order chi connectivity index (χ0) is 17.5. The van der Waals surface area contributed by atoms with Crippen molar-refractivity contribution in [1.82, 2.24) is 14.9 Å². The second kappa shape index (κ2) is 8.35. The van der Waals surface area contributed by atoms with E-state index in [0.29, 0.717) is 36.7 Å². The normalized spacial score (nSPS) is 10.6. The SMILES string of the molecule is CCc1cc(=O)n(CC(=O)NCCOC)c(-c2ccc(F)cc2)n1. The van der Waals surface area contributed by atoms with E-state index < -0.39 is 0 Å². The summed E-state index contributed by atoms with van der Waals surface area (Å²) in [5.41, 5.74) is 0.881. The highest BCUT2D eigenvalue weighted by Gasteiger charge is 2.13. The maximum Gasteiger partial charge on any atom is 0.254 e. The number of methoxy groups -OCH3 is 1. The van der Waals surface area contributed by atoms with Crippen molar-refractivity contribution in [3.05, 3.63) is 52.2 Å². The second-order valence-electron chi connectivity index (χ2n) is 5.20. The topological polar surface area (TPSA) is 73.2 Å². The molecule has 0 saturated heterocycles. The number of nitrogens with zero attached hydrogens (tertiary/aromatic N) is 2. The molecule has 24 heavy (non-hydrogen) atoms. The summed E-state index contributed by atoms with van der Waals surface area (Å²) in [5.74, 6) is -0.346. The number of hydrogen-bond donors (Lipinski definition) is 1. The third kappa shape index (κ3) is 4.48. The quantitative estimate of drug-likeness (QED) is 0.777. The Morgan fingerprint density at radius 3 is 2.67 bits per heavy atom. The van der Waals surface area contributed by atoms with Gasteiger partial charge in [0, 0.05) is 31.0 Å². The van der Waals surface area contributed by atoms with Gasteiger partial charge >= 0.3 is 0 Å². The first-order valence-corrected chi connectivity index (χ1v) is 7.67. The van der Waals surface area contributed by atoms with Crippen molar-refractivity contribution in [1.29, 1.82) is 0 Å². The molecule has 0 radical (unpaired) electrons. The fraction of sp³-hybridized carbons (Fsp3) is 0.353. The van der Waals surface area contributed by atoms with Crippen molar-refractivity contribution in [2.45, 2.75) is 19.9 Å². The lowest BCUT2D eigenvalue weighted by Gasteiger charge is -2.13. The molecule has 0 saturated carbocycles. The Bertz CT molecular complexity index is 757. The number of nitrogens with one attached hydrogen (secondary N) is 1. The van der Waals surface area contributed by atoms with Crippen LogP contribution >= 0.6 is 0 Å². The van der Waals surface area contributed by atoms with E-state index in [-0.39, 0.29) is 23.8 Å². The predicted octanol–water partition coefficient (Wildman–Crippen LogP) is 1.37. The molecule has 1 heterocycles. The molecule has 1 aromatic carbocycles. The second-order valence-corrected chi connectivity index (χ2v) is 5.20. The van der Waals surface area contributed by atoms with Gasteiger partial charge < -0.3 is 10.1 Å². The number of ether oxygens (including phenoxy) is 1. The summed E-state index contributed by atoms with van der Waals surface area (Å²) in [6.45, 7) is 2.47. The van der Waals surface area contributed by atoms with Crippen molar-refractivity contribution in [2.75, 3.05) is 20.3 Å². The van der Waals surface area contributed by atoms with E-state index in [2.05, 4.69) is 10.3 Å². The van der Waals surface area contributed by atoms with Crippen LogP contribution in [0.1, 0.15) is 12.6 Å². The molecule has 1 amide bonds. The molecule has 0 atom stereocenters. The average molecular weight is 333 g/mol. The van der Waals surface area contributed by atoms with Crippen molar-refractivity contribution in [3.8, 4) is 11.4 Å². The van der Waals surface area contributed by atoms with Gasteiger partial charge in [-0.05, 0) is 30.7 Å². The molecule has 0 unspecified atom stereocenters. The highest BCUT2D eigenvalue weighted by atomic mass is 19.1. The number of amides is 1. The molecular formula is C17H20FN3O3. The Hall–Kier alpha value is -2.54. The van der Waals surface area contributed by atoms with Crippen LogP contribution in [0.4, 0.5) is 4.39 Å². The number of halogens is 1. The van der Waals surface area contributed by atoms with Gasteiger partial charge in [0.25, 0.3) is 5.56 Å². The smallest absolute Gasteiger partial charge is 0.254 e. The fourth-order valence-corrected chi connectivity index (χ4v) is 2.20. The molecule has 2 aromatic rings. The number of benzene rings is 1. The zero-order valence-electron chi connectivity index (χ0n) is 13.7. The van der Waals surface area contributed by atoms with Gasteiger partial charge in [-0.3, -0.25) is 14.2 Å². The maximum atomic E-state index is 13.1. The van der Waals surface area contributed by atoms with Crippen LogP contribution in [0.2, 0.25) is 0 Å². The fourth-order valence-electron chi connectivity index (χ4n) is 2.20. The van der Waals surface area contributed by atoms with Gasteiger partial charge in [0.05, 0.1) is 6.61 Å². The first-order valence-electron chi connectivity index (χ1n) is 7.67. The predicted molar refractivity (Wildman–Crippen MR) is 88.2 cm³/mol. The minimum atomic E-state index is -0.378. The van der Waals surface area contributed by atoms with Gasteiger partial charge in [-0.1, -0.05) is 6.92 Å². The summed E-state index contributed by atoms with van der Waals surface area (Å²) in [4.78, 5) is 28.8. The Balaban J connectivity index is 2.37. The average Bonchev–Trinajstić information content (AvgIpc) is 2.57. The van der Waals surface area contributed by atoms with Crippen molar-refractivity contribution in [3.63, 3.8) is 0 Å². The number of carbonyl (C=O) groups is 1. The van der Waals surface area contributed by atoms with Crippen LogP contribution in [0.3, 0.4) is 0 Å². The zero-order valence-corrected chi connectivity index (χ0v) is 13.7. The van der Waals surface area contributed by atoms with Crippen LogP contribution in [-0.4, -0.2) is 35.7 Å². The van der Waals surface area contributed by atoms with E-state index in [1.165, 1.54) is 42.0 Å². The van der Waals surface area contributed by atoms with Crippen LogP contribution in [-0.2, 0) is 22.5 Å². The number of aryl methyl sites for hydroxylation is 1. The molecule has 0 bridgehead atoms. The van der Waals surface area contributed by atoms with Gasteiger partial charge in [-0.25, -0.2) is 9.37 Å². The number of aromatic nitrogens is 2. The molecule has 2 rings (SSSR count). The number of rotatable bonds is 7. The van der Waals surface area contributed by atoms with Crippen LogP contribution in [0.5, 0.6) is 0 Å². The summed E-state index contributed by atoms with van der Waals surface area (Å²) in [6, 6.07) is 7.08. The van der Waals surface area contributed by atoms with Gasteiger partial charge in [0.15, 0.2) is 0 Å². The maximum absolute atomic E-state index is 13.1. The summed E-state index contributed by atoms with van der Waals surface area (Å²) in [7, 11) is 1.54. The van der Waals surface area contributed by atoms with Crippen molar-refractivity contribution >= 4 is 5.91 Å². The van der Waals surface area contributed by atoms with Gasteiger partial charge in [0.2, 0.25) is 5.91 Å². The number of carbonyl (C=O) groups excluding carboxylic acids is 1. The minimum Gasteiger partial charge on any atom is -0.383 e. The summed E-state index contributed by atoms with van der Waals surface area (Å²) in [6.07, 6.45) is 0.588. The summed E-state index contributed by atoms with van der Waals surface area (Å²) < 4.78 is 19.3. The Labute approximate surface area is 139 Å². The molecule has 6 nitrogen and oxygen atoms in total. The third-order valence-corrected chi connectivity index (χ3v) is 3.46. The Kier molecular flexibility index (Phi) is 6.20. The van der Waals surface area contributed by atoms with Crippen molar-refractivity contribution < 1.29 is 13.9 Å². The molecular weight excluding hydrogens is 313 g/mol. The highest BCUT2D eigenvalue weighted by Crippen LogP contribution is 2.17. The van der Waals surface area contributed by atoms with E-state index in [0.717, 1.165) is 0 Å². The highest BCUT2D eigenvalue weighted by molar-refractivity contribution is 5.76. The summed E-state index contributed by atoms with van der Waals surface area (Å²) in [5, 5.41) is 2.66. The van der Waals surface area contributed by atoms with Gasteiger partial charge in [-0.2, -0.15) is 0 Å². The van der Waals surface area contributed by atoms with E-state index >= 15 is 0 Å². The Morgan fingerprint density at radius 2 is 2.04 bits per heavy atom. The first kappa shape index (κ1) is 17.8. The van der Waals surface area contributed by atoms with Crippen LogP contribution < -0.4 is 10.9 Å². The molecule has 0 spiro atoms. The molecule has 0 aliphatic rings. The van der Waals surface area contributed by atoms with Crippen LogP contribution in [0.25, 0.3) is 11.4 Å². The molecule has 128 valence electrons. The van der Waals surface area contributed by atoms with E-state index in [1.54, 1.807) is 0 Å².